The molecule has 2 aliphatic heterocycles. The van der Waals surface area contributed by atoms with Crippen molar-refractivity contribution in [3.8, 4) is 11.1 Å². The highest BCUT2D eigenvalue weighted by Crippen LogP contribution is 2.55. The minimum absolute atomic E-state index is 0.107. The largest absolute Gasteiger partial charge is 0.311 e. The molecule has 3 heteroatoms. The summed E-state index contributed by atoms with van der Waals surface area (Å²) in [4.78, 5) is 5.02. The van der Waals surface area contributed by atoms with Gasteiger partial charge in [0.15, 0.2) is 0 Å². The molecule has 312 valence electrons. The lowest BCUT2D eigenvalue weighted by Crippen LogP contribution is -2.58. The molecule has 10 aromatic carbocycles. The van der Waals surface area contributed by atoms with Crippen LogP contribution in [0, 0.1) is 0 Å². The van der Waals surface area contributed by atoms with E-state index in [1.165, 1.54) is 121 Å². The Morgan fingerprint density at radius 2 is 0.908 bits per heavy atom. The van der Waals surface area contributed by atoms with E-state index < -0.39 is 8.07 Å². The summed E-state index contributed by atoms with van der Waals surface area (Å²) in [5.74, 6) is 0. The molecule has 0 aromatic heterocycles. The van der Waals surface area contributed by atoms with Gasteiger partial charge in [0.1, 0.15) is 8.07 Å². The maximum absolute atomic E-state index is 2.51. The number of benzene rings is 10. The molecule has 0 amide bonds. The second-order valence-corrected chi connectivity index (χ2v) is 24.5. The highest BCUT2D eigenvalue weighted by atomic mass is 28.3. The van der Waals surface area contributed by atoms with Crippen molar-refractivity contribution >= 4 is 97.0 Å². The van der Waals surface area contributed by atoms with Gasteiger partial charge in [0.05, 0.1) is 17.1 Å². The first-order chi connectivity index (χ1) is 31.5. The molecule has 0 saturated heterocycles. The number of hydrogen-bond acceptors (Lipinski definition) is 2. The third-order valence-electron chi connectivity index (χ3n) is 15.6. The maximum Gasteiger partial charge on any atom is 0.117 e. The molecule has 0 atom stereocenters. The SMILES string of the molecule is CC1(C)c2cc(C=Cc3ccc4ccc5c(N6c7ccccc7C(C)(C)c7ccccc76)ccc6ccc3c4c65)ccc2-c2ccc(N3c4ccccc4[Si](C)(C)c4ccccc43)cc21. The van der Waals surface area contributed by atoms with E-state index in [0.29, 0.717) is 0 Å². The normalized spacial score (nSPS) is 16.1. The van der Waals surface area contributed by atoms with E-state index in [0.717, 1.165) is 0 Å². The minimum Gasteiger partial charge on any atom is -0.311 e. The van der Waals surface area contributed by atoms with Gasteiger partial charge in [-0.2, -0.15) is 0 Å². The summed E-state index contributed by atoms with van der Waals surface area (Å²) in [6, 6.07) is 68.9. The van der Waals surface area contributed by atoms with Crippen LogP contribution in [-0.2, 0) is 10.8 Å². The summed E-state index contributed by atoms with van der Waals surface area (Å²) in [5, 5.41) is 10.7. The zero-order valence-corrected chi connectivity index (χ0v) is 38.9. The molecule has 0 unspecified atom stereocenters. The molecule has 0 bridgehead atoms. The number of nitrogens with zero attached hydrogens (tertiary/aromatic N) is 2. The summed E-state index contributed by atoms with van der Waals surface area (Å²) in [6.45, 7) is 14.5. The van der Waals surface area contributed by atoms with Crippen molar-refractivity contribution in [2.24, 2.45) is 0 Å². The maximum atomic E-state index is 2.51. The summed E-state index contributed by atoms with van der Waals surface area (Å²) < 4.78 is 0. The molecule has 1 aliphatic carbocycles. The summed E-state index contributed by atoms with van der Waals surface area (Å²) >= 11 is 0. The first kappa shape index (κ1) is 38.3. The van der Waals surface area contributed by atoms with Crippen molar-refractivity contribution < 1.29 is 0 Å². The molecular weight excluding hydrogens is 801 g/mol. The molecule has 0 radical (unpaired) electrons. The van der Waals surface area contributed by atoms with Crippen molar-refractivity contribution in [2.45, 2.75) is 51.6 Å². The molecule has 0 N–H and O–H groups in total. The van der Waals surface area contributed by atoms with Crippen molar-refractivity contribution in [3.63, 3.8) is 0 Å². The van der Waals surface area contributed by atoms with Crippen LogP contribution in [0.25, 0.3) is 55.6 Å². The molecule has 10 aromatic rings. The van der Waals surface area contributed by atoms with Crippen molar-refractivity contribution in [3.05, 3.63) is 215 Å². The van der Waals surface area contributed by atoms with Gasteiger partial charge in [-0.1, -0.05) is 192 Å². The lowest BCUT2D eigenvalue weighted by Gasteiger charge is -2.42. The topological polar surface area (TPSA) is 6.48 Å². The van der Waals surface area contributed by atoms with Gasteiger partial charge in [0.25, 0.3) is 0 Å². The van der Waals surface area contributed by atoms with Crippen LogP contribution in [0.2, 0.25) is 13.1 Å². The number of rotatable bonds is 4. The van der Waals surface area contributed by atoms with E-state index in [4.69, 9.17) is 0 Å². The van der Waals surface area contributed by atoms with Gasteiger partial charge in [-0.3, -0.25) is 0 Å². The molecule has 0 saturated carbocycles. The molecule has 2 nitrogen and oxygen atoms in total. The number of para-hydroxylation sites is 4. The lowest BCUT2D eigenvalue weighted by molar-refractivity contribution is 0.632. The zero-order valence-electron chi connectivity index (χ0n) is 37.9. The lowest BCUT2D eigenvalue weighted by atomic mass is 9.73. The van der Waals surface area contributed by atoms with Gasteiger partial charge in [0, 0.05) is 33.3 Å². The summed E-state index contributed by atoms with van der Waals surface area (Å²) in [7, 11) is -1.86. The average Bonchev–Trinajstić information content (AvgIpc) is 3.55. The number of anilines is 6. The van der Waals surface area contributed by atoms with Gasteiger partial charge >= 0.3 is 0 Å². The Morgan fingerprint density at radius 3 is 1.57 bits per heavy atom. The second-order valence-electron chi connectivity index (χ2n) is 20.1. The average molecular weight is 851 g/mol. The van der Waals surface area contributed by atoms with Crippen LogP contribution in [0.1, 0.15) is 61.1 Å². The second kappa shape index (κ2) is 13.4. The van der Waals surface area contributed by atoms with Crippen molar-refractivity contribution in [1.82, 2.24) is 0 Å². The van der Waals surface area contributed by atoms with E-state index in [-0.39, 0.29) is 10.8 Å². The molecule has 0 fully saturated rings. The molecule has 13 rings (SSSR count). The zero-order chi connectivity index (χ0) is 44.0. The van der Waals surface area contributed by atoms with Crippen LogP contribution in [0.15, 0.2) is 182 Å². The molecule has 2 heterocycles. The quantitative estimate of drug-likeness (QED) is 0.0989. The Morgan fingerprint density at radius 1 is 0.400 bits per heavy atom. The van der Waals surface area contributed by atoms with Crippen LogP contribution in [-0.4, -0.2) is 8.07 Å². The summed E-state index contributed by atoms with van der Waals surface area (Å²) in [5.41, 5.74) is 17.9. The molecule has 65 heavy (non-hydrogen) atoms. The fraction of sp³-hybridized carbons (Fsp3) is 0.129. The van der Waals surface area contributed by atoms with E-state index in [2.05, 4.69) is 245 Å². The fourth-order valence-electron chi connectivity index (χ4n) is 12.2. The Hall–Kier alpha value is -7.20. The fourth-order valence-corrected chi connectivity index (χ4v) is 15.2. The van der Waals surface area contributed by atoms with Gasteiger partial charge in [0.2, 0.25) is 0 Å². The van der Waals surface area contributed by atoms with E-state index in [1.54, 1.807) is 0 Å². The standard InChI is InChI=1S/C62H50N2Si/c1-61(2)48-15-7-9-17-53(48)64(54-18-10-8-16-49(54)61)52-36-30-42-28-33-44-40(26-27-41-29-34-47(52)60(42)59(41)44)25-23-39-24-32-45-46-35-31-43(38-51(46)62(3,4)50(45)37-39)63-55-19-11-13-21-57(55)65(5,6)58-22-14-12-20-56(58)63/h7-38H,1-6H3. The van der Waals surface area contributed by atoms with Gasteiger partial charge in [-0.25, -0.2) is 0 Å². The Balaban J connectivity index is 0.879. The predicted molar refractivity (Wildman–Crippen MR) is 281 cm³/mol. The third kappa shape index (κ3) is 5.28. The first-order valence-corrected chi connectivity index (χ1v) is 26.2. The Labute approximate surface area is 383 Å². The van der Waals surface area contributed by atoms with Gasteiger partial charge in [-0.15, -0.1) is 0 Å². The number of hydrogen-bond donors (Lipinski definition) is 0. The third-order valence-corrected chi connectivity index (χ3v) is 19.1. The molecule has 0 spiro atoms. The predicted octanol–water partition coefficient (Wildman–Crippen LogP) is 15.8. The van der Waals surface area contributed by atoms with Crippen LogP contribution >= 0.6 is 0 Å². The monoisotopic (exact) mass is 850 g/mol. The molecular formula is C62H50N2Si. The highest BCUT2D eigenvalue weighted by Gasteiger charge is 2.41. The Kier molecular flexibility index (Phi) is 7.90. The van der Waals surface area contributed by atoms with Crippen LogP contribution in [0.3, 0.4) is 0 Å². The van der Waals surface area contributed by atoms with E-state index >= 15 is 0 Å². The Bertz CT molecular complexity index is 3560. The summed E-state index contributed by atoms with van der Waals surface area (Å²) in [6.07, 6.45) is 4.65. The molecule has 3 aliphatic rings. The van der Waals surface area contributed by atoms with Crippen LogP contribution in [0.4, 0.5) is 34.1 Å². The number of fused-ring (bicyclic) bond motifs is 7. The van der Waals surface area contributed by atoms with Gasteiger partial charge < -0.3 is 9.80 Å². The highest BCUT2D eigenvalue weighted by molar-refractivity contribution is 7.02. The first-order valence-electron chi connectivity index (χ1n) is 23.2. The van der Waals surface area contributed by atoms with E-state index in [1.807, 2.05) is 0 Å². The smallest absolute Gasteiger partial charge is 0.117 e. The van der Waals surface area contributed by atoms with Crippen LogP contribution in [0.5, 0.6) is 0 Å². The van der Waals surface area contributed by atoms with Crippen molar-refractivity contribution in [1.29, 1.82) is 0 Å². The minimum atomic E-state index is -1.86. The van der Waals surface area contributed by atoms with E-state index in [9.17, 15) is 0 Å². The van der Waals surface area contributed by atoms with Gasteiger partial charge in [-0.05, 0) is 124 Å². The van der Waals surface area contributed by atoms with Crippen molar-refractivity contribution in [2.75, 3.05) is 9.80 Å². The van der Waals surface area contributed by atoms with Crippen LogP contribution < -0.4 is 20.2 Å².